The molecule has 6 heteroatoms. The van der Waals surface area contributed by atoms with Gasteiger partial charge in [0.15, 0.2) is 5.17 Å². The maximum atomic E-state index is 12.0. The number of benzene rings is 1. The second-order valence-electron chi connectivity index (χ2n) is 3.76. The lowest BCUT2D eigenvalue weighted by atomic mass is 10.2. The minimum absolute atomic E-state index is 0.219. The van der Waals surface area contributed by atoms with Crippen molar-refractivity contribution < 1.29 is 8.42 Å². The molecular formula is C11H16N2O2S2. The van der Waals surface area contributed by atoms with Crippen molar-refractivity contribution in [2.24, 2.45) is 4.40 Å². The normalized spacial score (nSPS) is 12.6. The largest absolute Gasteiger partial charge is 0.357 e. The molecule has 0 fully saturated rings. The van der Waals surface area contributed by atoms with Crippen LogP contribution in [0.15, 0.2) is 33.6 Å². The number of rotatable bonds is 2. The Bertz CT molecular complexity index is 505. The van der Waals surface area contributed by atoms with Crippen molar-refractivity contribution in [2.75, 3.05) is 20.4 Å². The summed E-state index contributed by atoms with van der Waals surface area (Å²) in [5.41, 5.74) is 1.02. The van der Waals surface area contributed by atoms with Crippen LogP contribution in [0.3, 0.4) is 0 Å². The van der Waals surface area contributed by atoms with Gasteiger partial charge in [0.05, 0.1) is 4.90 Å². The first-order valence-corrected chi connectivity index (χ1v) is 7.66. The van der Waals surface area contributed by atoms with E-state index in [1.165, 1.54) is 11.8 Å². The minimum Gasteiger partial charge on any atom is -0.357 e. The summed E-state index contributed by atoms with van der Waals surface area (Å²) in [7, 11) is -0.0801. The van der Waals surface area contributed by atoms with Crippen LogP contribution in [-0.4, -0.2) is 38.8 Å². The Balaban J connectivity index is 3.16. The van der Waals surface area contributed by atoms with E-state index < -0.39 is 10.0 Å². The lowest BCUT2D eigenvalue weighted by Gasteiger charge is -2.12. The van der Waals surface area contributed by atoms with Crippen molar-refractivity contribution in [3.8, 4) is 0 Å². The second kappa shape index (κ2) is 5.55. The van der Waals surface area contributed by atoms with E-state index in [0.29, 0.717) is 5.17 Å². The first-order chi connectivity index (χ1) is 7.86. The van der Waals surface area contributed by atoms with Crippen molar-refractivity contribution in [3.05, 3.63) is 29.8 Å². The molecule has 0 amide bonds. The maximum Gasteiger partial charge on any atom is 0.284 e. The number of thioether (sulfide) groups is 1. The summed E-state index contributed by atoms with van der Waals surface area (Å²) < 4.78 is 27.8. The first-order valence-electron chi connectivity index (χ1n) is 5.00. The van der Waals surface area contributed by atoms with Crippen molar-refractivity contribution in [3.63, 3.8) is 0 Å². The van der Waals surface area contributed by atoms with Crippen LogP contribution in [0, 0.1) is 6.92 Å². The number of hydrogen-bond donors (Lipinski definition) is 0. The van der Waals surface area contributed by atoms with E-state index in [0.717, 1.165) is 5.56 Å². The van der Waals surface area contributed by atoms with Crippen LogP contribution in [0.25, 0.3) is 0 Å². The molecule has 1 rings (SSSR count). The standard InChI is InChI=1S/C11H16N2O2S2/c1-9-5-7-10(8-6-9)17(14,15)12-11(16-4)13(2)3/h5-8H,1-4H3/b12-11+. The zero-order chi connectivity index (χ0) is 13.1. The van der Waals surface area contributed by atoms with Crippen LogP contribution in [-0.2, 0) is 10.0 Å². The quantitative estimate of drug-likeness (QED) is 0.610. The number of amidine groups is 1. The van der Waals surface area contributed by atoms with Crippen molar-refractivity contribution in [1.82, 2.24) is 4.90 Å². The summed E-state index contributed by atoms with van der Waals surface area (Å²) in [6, 6.07) is 6.66. The van der Waals surface area contributed by atoms with E-state index >= 15 is 0 Å². The molecule has 0 aromatic heterocycles. The Morgan fingerprint density at radius 1 is 1.24 bits per heavy atom. The molecule has 0 atom stereocenters. The fraction of sp³-hybridized carbons (Fsp3) is 0.364. The molecule has 0 saturated heterocycles. The molecule has 0 saturated carbocycles. The SMILES string of the molecule is CS/C(=N/S(=O)(=O)c1ccc(C)cc1)N(C)C. The monoisotopic (exact) mass is 272 g/mol. The maximum absolute atomic E-state index is 12.0. The topological polar surface area (TPSA) is 49.7 Å². The summed E-state index contributed by atoms with van der Waals surface area (Å²) in [4.78, 5) is 1.90. The van der Waals surface area contributed by atoms with Gasteiger partial charge in [0.2, 0.25) is 0 Å². The molecule has 4 nitrogen and oxygen atoms in total. The molecule has 1 aromatic carbocycles. The van der Waals surface area contributed by atoms with Gasteiger partial charge in [-0.05, 0) is 25.3 Å². The Morgan fingerprint density at radius 3 is 2.18 bits per heavy atom. The van der Waals surface area contributed by atoms with Crippen LogP contribution >= 0.6 is 11.8 Å². The first kappa shape index (κ1) is 14.1. The highest BCUT2D eigenvalue weighted by atomic mass is 32.2. The molecule has 0 unspecified atom stereocenters. The zero-order valence-electron chi connectivity index (χ0n) is 10.3. The van der Waals surface area contributed by atoms with Crippen LogP contribution in [0.4, 0.5) is 0 Å². The number of nitrogens with zero attached hydrogens (tertiary/aromatic N) is 2. The predicted molar refractivity (Wildman–Crippen MR) is 73.0 cm³/mol. The molecule has 0 aliphatic heterocycles. The third-order valence-electron chi connectivity index (χ3n) is 2.08. The van der Waals surface area contributed by atoms with E-state index in [4.69, 9.17) is 0 Å². The van der Waals surface area contributed by atoms with Crippen molar-refractivity contribution in [1.29, 1.82) is 0 Å². The van der Waals surface area contributed by atoms with Gasteiger partial charge in [-0.1, -0.05) is 29.5 Å². The fourth-order valence-electron chi connectivity index (χ4n) is 1.17. The molecule has 0 spiro atoms. The highest BCUT2D eigenvalue weighted by molar-refractivity contribution is 8.13. The Labute approximate surface area is 107 Å². The van der Waals surface area contributed by atoms with Gasteiger partial charge in [-0.25, -0.2) is 0 Å². The summed E-state index contributed by atoms with van der Waals surface area (Å²) in [6.45, 7) is 1.91. The average molecular weight is 272 g/mol. The van der Waals surface area contributed by atoms with Crippen molar-refractivity contribution in [2.45, 2.75) is 11.8 Å². The molecule has 1 aromatic rings. The number of sulfonamides is 1. The molecule has 0 N–H and O–H groups in total. The summed E-state index contributed by atoms with van der Waals surface area (Å²) >= 11 is 1.30. The molecule has 0 radical (unpaired) electrons. The Morgan fingerprint density at radius 2 is 1.76 bits per heavy atom. The van der Waals surface area contributed by atoms with Gasteiger partial charge in [0.25, 0.3) is 10.0 Å². The smallest absolute Gasteiger partial charge is 0.284 e. The Hall–Kier alpha value is -1.01. The third kappa shape index (κ3) is 3.74. The minimum atomic E-state index is -3.61. The molecule has 17 heavy (non-hydrogen) atoms. The van der Waals surface area contributed by atoms with Gasteiger partial charge >= 0.3 is 0 Å². The van der Waals surface area contributed by atoms with Gasteiger partial charge in [-0.15, -0.1) is 4.40 Å². The second-order valence-corrected chi connectivity index (χ2v) is 6.14. The molecule has 0 aliphatic carbocycles. The summed E-state index contributed by atoms with van der Waals surface area (Å²) in [6.07, 6.45) is 1.80. The fourth-order valence-corrected chi connectivity index (χ4v) is 3.08. The van der Waals surface area contributed by atoms with E-state index in [2.05, 4.69) is 4.40 Å². The van der Waals surface area contributed by atoms with E-state index in [1.54, 1.807) is 49.5 Å². The van der Waals surface area contributed by atoms with Crippen LogP contribution < -0.4 is 0 Å². The van der Waals surface area contributed by atoms with Crippen LogP contribution in [0.2, 0.25) is 0 Å². The highest BCUT2D eigenvalue weighted by Crippen LogP contribution is 2.15. The lowest BCUT2D eigenvalue weighted by molar-refractivity contribution is 0.594. The van der Waals surface area contributed by atoms with Crippen LogP contribution in [0.1, 0.15) is 5.56 Å². The van der Waals surface area contributed by atoms with E-state index in [-0.39, 0.29) is 4.90 Å². The number of hydrogen-bond acceptors (Lipinski definition) is 3. The Kier molecular flexibility index (Phi) is 4.59. The van der Waals surface area contributed by atoms with E-state index in [1.807, 2.05) is 6.92 Å². The van der Waals surface area contributed by atoms with E-state index in [9.17, 15) is 8.42 Å². The molecule has 0 heterocycles. The molecule has 94 valence electrons. The van der Waals surface area contributed by atoms with Gasteiger partial charge in [-0.2, -0.15) is 8.42 Å². The molecule has 0 aliphatic rings. The van der Waals surface area contributed by atoms with Gasteiger partial charge in [0.1, 0.15) is 0 Å². The zero-order valence-corrected chi connectivity index (χ0v) is 12.0. The third-order valence-corrected chi connectivity index (χ3v) is 4.30. The summed E-state index contributed by atoms with van der Waals surface area (Å²) in [5.74, 6) is 0. The van der Waals surface area contributed by atoms with Crippen LogP contribution in [0.5, 0.6) is 0 Å². The van der Waals surface area contributed by atoms with Gasteiger partial charge < -0.3 is 4.90 Å². The lowest BCUT2D eigenvalue weighted by Crippen LogP contribution is -2.19. The molecular weight excluding hydrogens is 256 g/mol. The molecule has 0 bridgehead atoms. The highest BCUT2D eigenvalue weighted by Gasteiger charge is 2.14. The summed E-state index contributed by atoms with van der Waals surface area (Å²) in [5, 5.41) is 0.463. The number of aryl methyl sites for hydroxylation is 1. The predicted octanol–water partition coefficient (Wildman–Crippen LogP) is 1.96. The van der Waals surface area contributed by atoms with Crippen molar-refractivity contribution >= 4 is 27.0 Å². The van der Waals surface area contributed by atoms with Gasteiger partial charge in [-0.3, -0.25) is 0 Å². The van der Waals surface area contributed by atoms with Gasteiger partial charge in [0, 0.05) is 14.1 Å². The average Bonchev–Trinajstić information content (AvgIpc) is 2.26.